The van der Waals surface area contributed by atoms with Gasteiger partial charge in [0, 0.05) is 12.6 Å². The largest absolute Gasteiger partial charge is 0.463 e. The van der Waals surface area contributed by atoms with Gasteiger partial charge >= 0.3 is 0 Å². The number of fused-ring (bicyclic) bond motifs is 1. The van der Waals surface area contributed by atoms with Gasteiger partial charge in [0.2, 0.25) is 5.91 Å². The lowest BCUT2D eigenvalue weighted by Gasteiger charge is -2.46. The van der Waals surface area contributed by atoms with Gasteiger partial charge in [-0.3, -0.25) is 9.59 Å². The molecule has 3 heterocycles. The lowest BCUT2D eigenvalue weighted by Crippen LogP contribution is -2.65. The summed E-state index contributed by atoms with van der Waals surface area (Å²) in [6.45, 7) is 4.88. The average Bonchev–Trinajstić information content (AvgIpc) is 3.53. The molecule has 178 valence electrons. The van der Waals surface area contributed by atoms with Crippen LogP contribution in [0, 0.1) is 0 Å². The molecule has 0 spiro atoms. The summed E-state index contributed by atoms with van der Waals surface area (Å²) in [4.78, 5) is 29.5. The molecular weight excluding hydrogens is 426 g/mol. The lowest BCUT2D eigenvalue weighted by molar-refractivity contribution is -0.134. The van der Waals surface area contributed by atoms with Crippen molar-refractivity contribution in [2.24, 2.45) is 0 Å². The second-order valence-corrected chi connectivity index (χ2v) is 9.98. The second-order valence-electron chi connectivity index (χ2n) is 9.98. The molecule has 5 rings (SSSR count). The zero-order valence-electron chi connectivity index (χ0n) is 20.0. The van der Waals surface area contributed by atoms with Gasteiger partial charge in [0.05, 0.1) is 18.5 Å². The quantitative estimate of drug-likeness (QED) is 0.550. The molecule has 2 aromatic heterocycles. The highest BCUT2D eigenvalue weighted by molar-refractivity contribution is 6.00. The molecule has 6 nitrogen and oxygen atoms in total. The zero-order valence-corrected chi connectivity index (χ0v) is 20.0. The molecule has 34 heavy (non-hydrogen) atoms. The van der Waals surface area contributed by atoms with E-state index < -0.39 is 5.54 Å². The fraction of sp³-hybridized carbons (Fsp3) is 0.429. The molecule has 1 aliphatic heterocycles. The van der Waals surface area contributed by atoms with Crippen LogP contribution >= 0.6 is 0 Å². The average molecular weight is 460 g/mol. The Hall–Kier alpha value is -3.28. The Kier molecular flexibility index (Phi) is 6.07. The van der Waals surface area contributed by atoms with Crippen molar-refractivity contribution in [2.45, 2.75) is 70.0 Å². The molecule has 0 bridgehead atoms. The van der Waals surface area contributed by atoms with Crippen LogP contribution in [0.1, 0.15) is 67.9 Å². The number of aromatic nitrogens is 1. The van der Waals surface area contributed by atoms with Gasteiger partial charge in [-0.2, -0.15) is 0 Å². The number of furan rings is 1. The number of benzene rings is 1. The van der Waals surface area contributed by atoms with Crippen molar-refractivity contribution < 1.29 is 14.0 Å². The molecule has 0 radical (unpaired) electrons. The molecule has 2 atom stereocenters. The monoisotopic (exact) mass is 459 g/mol. The Bertz CT molecular complexity index is 1150. The van der Waals surface area contributed by atoms with Gasteiger partial charge < -0.3 is 19.2 Å². The van der Waals surface area contributed by atoms with E-state index in [4.69, 9.17) is 4.42 Å². The predicted octanol–water partition coefficient (Wildman–Crippen LogP) is 5.22. The number of rotatable bonds is 6. The van der Waals surface area contributed by atoms with E-state index in [2.05, 4.69) is 24.4 Å². The lowest BCUT2D eigenvalue weighted by atomic mass is 9.89. The Morgan fingerprint density at radius 2 is 1.79 bits per heavy atom. The minimum atomic E-state index is -1.01. The maximum absolute atomic E-state index is 13.9. The molecule has 2 aliphatic rings. The third-order valence-corrected chi connectivity index (χ3v) is 7.53. The molecule has 6 heteroatoms. The van der Waals surface area contributed by atoms with Crippen molar-refractivity contribution in [2.75, 3.05) is 6.54 Å². The van der Waals surface area contributed by atoms with Crippen LogP contribution in [0.3, 0.4) is 0 Å². The van der Waals surface area contributed by atoms with Crippen molar-refractivity contribution in [3.63, 3.8) is 0 Å². The minimum Gasteiger partial charge on any atom is -0.463 e. The van der Waals surface area contributed by atoms with Crippen molar-refractivity contribution in [1.82, 2.24) is 14.8 Å². The second kappa shape index (κ2) is 9.16. The van der Waals surface area contributed by atoms with Crippen molar-refractivity contribution in [3.05, 3.63) is 72.1 Å². The SMILES string of the molecule is C[C@H](CN1C(=O)c2ccc(-c3ccco3)n2C[C@@]1(C)C(=O)NC1CCCCC1)c1ccccc1. The first-order valence-corrected chi connectivity index (χ1v) is 12.4. The molecule has 1 aliphatic carbocycles. The third-order valence-electron chi connectivity index (χ3n) is 7.53. The summed E-state index contributed by atoms with van der Waals surface area (Å²) in [5, 5.41) is 3.30. The Balaban J connectivity index is 1.50. The Labute approximate surface area is 200 Å². The van der Waals surface area contributed by atoms with Crippen LogP contribution in [0.2, 0.25) is 0 Å². The Morgan fingerprint density at radius 3 is 2.50 bits per heavy atom. The van der Waals surface area contributed by atoms with Crippen LogP contribution in [-0.4, -0.2) is 39.4 Å². The number of carbonyl (C=O) groups is 2. The van der Waals surface area contributed by atoms with Crippen molar-refractivity contribution in [3.8, 4) is 11.5 Å². The summed E-state index contributed by atoms with van der Waals surface area (Å²) in [6.07, 6.45) is 7.13. The third kappa shape index (κ3) is 4.06. The van der Waals surface area contributed by atoms with Gasteiger partial charge in [-0.1, -0.05) is 56.5 Å². The van der Waals surface area contributed by atoms with Crippen molar-refractivity contribution in [1.29, 1.82) is 0 Å². The maximum atomic E-state index is 13.9. The van der Waals surface area contributed by atoms with Crippen LogP contribution in [0.25, 0.3) is 11.5 Å². The molecule has 2 amide bonds. The van der Waals surface area contributed by atoms with E-state index >= 15 is 0 Å². The smallest absolute Gasteiger partial charge is 0.271 e. The number of hydrogen-bond donors (Lipinski definition) is 1. The van der Waals surface area contributed by atoms with E-state index in [9.17, 15) is 9.59 Å². The summed E-state index contributed by atoms with van der Waals surface area (Å²) in [5.74, 6) is 0.601. The zero-order chi connectivity index (χ0) is 23.7. The molecule has 0 saturated heterocycles. The van der Waals surface area contributed by atoms with E-state index in [1.54, 1.807) is 11.2 Å². The van der Waals surface area contributed by atoms with E-state index in [-0.39, 0.29) is 23.8 Å². The van der Waals surface area contributed by atoms with Crippen LogP contribution in [0.15, 0.2) is 65.3 Å². The summed E-state index contributed by atoms with van der Waals surface area (Å²) >= 11 is 0. The number of nitrogens with zero attached hydrogens (tertiary/aromatic N) is 2. The van der Waals surface area contributed by atoms with Gasteiger partial charge in [-0.25, -0.2) is 0 Å². The first-order chi connectivity index (χ1) is 16.5. The normalized spacial score (nSPS) is 21.8. The van der Waals surface area contributed by atoms with Crippen LogP contribution in [0.5, 0.6) is 0 Å². The van der Waals surface area contributed by atoms with Crippen LogP contribution in [0.4, 0.5) is 0 Å². The molecule has 1 saturated carbocycles. The molecule has 3 aromatic rings. The van der Waals surface area contributed by atoms with E-state index in [0.29, 0.717) is 24.5 Å². The number of amides is 2. The highest BCUT2D eigenvalue weighted by Crippen LogP contribution is 2.35. The highest BCUT2D eigenvalue weighted by atomic mass is 16.3. The first-order valence-electron chi connectivity index (χ1n) is 12.4. The van der Waals surface area contributed by atoms with Gasteiger partial charge in [0.25, 0.3) is 5.91 Å². The van der Waals surface area contributed by atoms with Gasteiger partial charge in [-0.05, 0) is 55.5 Å². The highest BCUT2D eigenvalue weighted by Gasteiger charge is 2.48. The maximum Gasteiger partial charge on any atom is 0.271 e. The molecule has 1 N–H and O–H groups in total. The van der Waals surface area contributed by atoms with Crippen LogP contribution < -0.4 is 5.32 Å². The Morgan fingerprint density at radius 1 is 1.06 bits per heavy atom. The minimum absolute atomic E-state index is 0.0715. The fourth-order valence-corrected chi connectivity index (χ4v) is 5.45. The van der Waals surface area contributed by atoms with Gasteiger partial charge in [0.1, 0.15) is 17.0 Å². The molecule has 1 aromatic carbocycles. The number of hydrogen-bond acceptors (Lipinski definition) is 3. The summed E-state index contributed by atoms with van der Waals surface area (Å²) in [5.41, 5.74) is 1.56. The van der Waals surface area contributed by atoms with Crippen LogP contribution in [-0.2, 0) is 11.3 Å². The number of nitrogens with one attached hydrogen (secondary N) is 1. The standard InChI is InChI=1S/C28H33N3O3/c1-20(21-10-5-3-6-11-21)18-31-26(32)24-16-15-23(25-14-9-17-34-25)30(24)19-28(31,2)27(33)29-22-12-7-4-8-13-22/h3,5-6,9-11,14-17,20,22H,4,7-8,12-13,18-19H2,1-2H3,(H,29,33)/t20-,28+/m1/s1. The fourth-order valence-electron chi connectivity index (χ4n) is 5.45. The topological polar surface area (TPSA) is 67.5 Å². The molecule has 0 unspecified atom stereocenters. The summed E-state index contributed by atoms with van der Waals surface area (Å²) in [7, 11) is 0. The van der Waals surface area contributed by atoms with Gasteiger partial charge in [-0.15, -0.1) is 0 Å². The molecule has 1 fully saturated rings. The predicted molar refractivity (Wildman–Crippen MR) is 131 cm³/mol. The van der Waals surface area contributed by atoms with E-state index in [1.807, 2.05) is 54.0 Å². The first kappa shape index (κ1) is 22.5. The summed E-state index contributed by atoms with van der Waals surface area (Å²) in [6, 6.07) is 17.8. The molecular formula is C28H33N3O3. The number of carbonyl (C=O) groups excluding carboxylic acids is 2. The van der Waals surface area contributed by atoms with E-state index in [0.717, 1.165) is 36.9 Å². The summed E-state index contributed by atoms with van der Waals surface area (Å²) < 4.78 is 7.58. The van der Waals surface area contributed by atoms with Crippen molar-refractivity contribution >= 4 is 11.8 Å². The van der Waals surface area contributed by atoms with E-state index in [1.165, 1.54) is 6.42 Å². The van der Waals surface area contributed by atoms with Gasteiger partial charge in [0.15, 0.2) is 0 Å².